The first-order chi connectivity index (χ1) is 3.70. The van der Waals surface area contributed by atoms with Crippen molar-refractivity contribution in [3.63, 3.8) is 0 Å². The normalized spacial score (nSPS) is 19.5. The summed E-state index contributed by atoms with van der Waals surface area (Å²) in [6.07, 6.45) is 1.81. The lowest BCUT2D eigenvalue weighted by Crippen LogP contribution is -2.17. The molecule has 8 heavy (non-hydrogen) atoms. The second-order valence-electron chi connectivity index (χ2n) is 1.82. The van der Waals surface area contributed by atoms with E-state index < -0.39 is 0 Å². The molecule has 1 rings (SSSR count). The van der Waals surface area contributed by atoms with Gasteiger partial charge in [0.25, 0.3) is 0 Å². The Morgan fingerprint density at radius 3 is 2.38 bits per heavy atom. The fraction of sp³-hybridized carbons (Fsp3) is 0.400. The predicted octanol–water partition coefficient (Wildman–Crippen LogP) is -0.383. The third-order valence-corrected chi connectivity index (χ3v) is 1.02. The molecule has 2 N–H and O–H groups in total. The summed E-state index contributed by atoms with van der Waals surface area (Å²) in [5.41, 5.74) is 5.45. The van der Waals surface area contributed by atoms with Crippen molar-refractivity contribution >= 4 is 0 Å². The Balaban J connectivity index is 2.59. The molecule has 0 saturated carbocycles. The minimum absolute atomic E-state index is 0.729. The summed E-state index contributed by atoms with van der Waals surface area (Å²) >= 11 is 0. The van der Waals surface area contributed by atoms with E-state index in [-0.39, 0.29) is 0 Å². The number of nitrogens with two attached hydrogens (primary N) is 1. The van der Waals surface area contributed by atoms with E-state index >= 15 is 0 Å². The van der Waals surface area contributed by atoms with E-state index in [1.807, 2.05) is 14.1 Å². The van der Waals surface area contributed by atoms with E-state index in [1.54, 1.807) is 16.0 Å². The Morgan fingerprint density at radius 2 is 2.25 bits per heavy atom. The Kier molecular flexibility index (Phi) is 1.04. The Labute approximate surface area is 49.4 Å². The molecule has 1 aliphatic heterocycles. The van der Waals surface area contributed by atoms with Crippen molar-refractivity contribution < 1.29 is 0 Å². The smallest absolute Gasteiger partial charge is 0.209 e. The Hall–Kier alpha value is -0.860. The van der Waals surface area contributed by atoms with Crippen LogP contribution in [0.2, 0.25) is 0 Å². The Morgan fingerprint density at radius 1 is 1.62 bits per heavy atom. The summed E-state index contributed by atoms with van der Waals surface area (Å²) in [4.78, 5) is 3.52. The average molecular weight is 111 g/mol. The van der Waals surface area contributed by atoms with Crippen molar-refractivity contribution in [3.8, 4) is 0 Å². The van der Waals surface area contributed by atoms with Gasteiger partial charge in [0.15, 0.2) is 0 Å². The third kappa shape index (κ3) is 0.710. The number of hydrogen-bond donors (Lipinski definition) is 1. The highest BCUT2D eigenvalue weighted by Crippen LogP contribution is 2.08. The van der Waals surface area contributed by atoms with E-state index in [0.717, 1.165) is 5.82 Å². The van der Waals surface area contributed by atoms with Crippen molar-refractivity contribution in [3.05, 3.63) is 18.7 Å². The molecule has 0 unspecified atom stereocenters. The first-order valence-electron chi connectivity index (χ1n) is 2.40. The molecule has 0 amide bonds. The van der Waals surface area contributed by atoms with Crippen molar-refractivity contribution in [2.24, 2.45) is 5.73 Å². The quantitative estimate of drug-likeness (QED) is 0.462. The molecular weight excluding hydrogens is 102 g/mol. The van der Waals surface area contributed by atoms with Gasteiger partial charge in [-0.3, -0.25) is 0 Å². The van der Waals surface area contributed by atoms with Crippen molar-refractivity contribution in [1.82, 2.24) is 9.80 Å². The van der Waals surface area contributed by atoms with Crippen LogP contribution >= 0.6 is 0 Å². The van der Waals surface area contributed by atoms with E-state index in [0.29, 0.717) is 0 Å². The molecule has 0 saturated heterocycles. The van der Waals surface area contributed by atoms with Crippen LogP contribution in [-0.4, -0.2) is 23.9 Å². The van der Waals surface area contributed by atoms with Crippen LogP contribution in [0.3, 0.4) is 0 Å². The fourth-order valence-corrected chi connectivity index (χ4v) is 0.608. The number of hydrogen-bond acceptors (Lipinski definition) is 3. The van der Waals surface area contributed by atoms with Gasteiger partial charge in [-0.1, -0.05) is 0 Å². The SMILES string of the molecule is CN1[C]N(C)C(N)=C1. The molecule has 0 aromatic carbocycles. The van der Waals surface area contributed by atoms with Crippen LogP contribution in [0.1, 0.15) is 0 Å². The van der Waals surface area contributed by atoms with Gasteiger partial charge in [0.1, 0.15) is 5.82 Å². The van der Waals surface area contributed by atoms with E-state index in [9.17, 15) is 0 Å². The lowest BCUT2D eigenvalue weighted by molar-refractivity contribution is 0.416. The molecule has 0 fully saturated rings. The molecule has 44 valence electrons. The van der Waals surface area contributed by atoms with Gasteiger partial charge in [-0.05, 0) is 0 Å². The molecule has 0 aliphatic carbocycles. The van der Waals surface area contributed by atoms with Gasteiger partial charge < -0.3 is 15.5 Å². The molecule has 0 spiro atoms. The summed E-state index contributed by atoms with van der Waals surface area (Å²) in [6.45, 7) is 2.92. The summed E-state index contributed by atoms with van der Waals surface area (Å²) in [5, 5.41) is 0. The minimum Gasteiger partial charge on any atom is -0.384 e. The highest BCUT2D eigenvalue weighted by Gasteiger charge is 2.11. The lowest BCUT2D eigenvalue weighted by Gasteiger charge is -2.09. The number of rotatable bonds is 0. The van der Waals surface area contributed by atoms with Crippen molar-refractivity contribution in [2.75, 3.05) is 14.1 Å². The van der Waals surface area contributed by atoms with Crippen molar-refractivity contribution in [1.29, 1.82) is 0 Å². The van der Waals surface area contributed by atoms with E-state index in [2.05, 4.69) is 6.67 Å². The second kappa shape index (κ2) is 1.58. The largest absolute Gasteiger partial charge is 0.384 e. The van der Waals surface area contributed by atoms with Crippen LogP contribution in [0.4, 0.5) is 0 Å². The second-order valence-corrected chi connectivity index (χ2v) is 1.82. The average Bonchev–Trinajstić information content (AvgIpc) is 1.85. The molecule has 2 radical (unpaired) electrons. The van der Waals surface area contributed by atoms with Gasteiger partial charge in [0, 0.05) is 20.3 Å². The van der Waals surface area contributed by atoms with Gasteiger partial charge in [0.05, 0.1) is 0 Å². The summed E-state index contributed by atoms with van der Waals surface area (Å²) in [6, 6.07) is 0. The van der Waals surface area contributed by atoms with Crippen LogP contribution in [0.15, 0.2) is 12.0 Å². The summed E-state index contributed by atoms with van der Waals surface area (Å²) < 4.78 is 0. The van der Waals surface area contributed by atoms with Gasteiger partial charge in [-0.2, -0.15) is 0 Å². The monoisotopic (exact) mass is 111 g/mol. The third-order valence-electron chi connectivity index (χ3n) is 1.02. The van der Waals surface area contributed by atoms with Crippen LogP contribution in [-0.2, 0) is 0 Å². The molecule has 3 nitrogen and oxygen atoms in total. The zero-order valence-corrected chi connectivity index (χ0v) is 5.05. The summed E-state index contributed by atoms with van der Waals surface area (Å²) in [5.74, 6) is 0.729. The zero-order valence-electron chi connectivity index (χ0n) is 5.05. The van der Waals surface area contributed by atoms with Crippen LogP contribution in [0, 0.1) is 6.67 Å². The van der Waals surface area contributed by atoms with E-state index in [1.165, 1.54) is 0 Å². The molecule has 0 aromatic heterocycles. The highest BCUT2D eigenvalue weighted by atomic mass is 15.4. The maximum Gasteiger partial charge on any atom is 0.209 e. The van der Waals surface area contributed by atoms with Gasteiger partial charge in [-0.25, -0.2) is 0 Å². The van der Waals surface area contributed by atoms with Crippen LogP contribution < -0.4 is 5.73 Å². The first kappa shape index (κ1) is 5.28. The maximum atomic E-state index is 5.45. The molecular formula is C5H9N3. The highest BCUT2D eigenvalue weighted by molar-refractivity contribution is 5.03. The van der Waals surface area contributed by atoms with Gasteiger partial charge in [-0.15, -0.1) is 0 Å². The first-order valence-corrected chi connectivity index (χ1v) is 2.40. The molecule has 0 atom stereocenters. The van der Waals surface area contributed by atoms with Crippen LogP contribution in [0.25, 0.3) is 0 Å². The Bertz CT molecular complexity index is 119. The molecule has 1 heterocycles. The molecule has 1 aliphatic rings. The minimum atomic E-state index is 0.729. The molecule has 0 aromatic rings. The topological polar surface area (TPSA) is 32.5 Å². The summed E-state index contributed by atoms with van der Waals surface area (Å²) in [7, 11) is 3.74. The lowest BCUT2D eigenvalue weighted by atomic mass is 10.7. The van der Waals surface area contributed by atoms with Gasteiger partial charge >= 0.3 is 0 Å². The van der Waals surface area contributed by atoms with Crippen molar-refractivity contribution in [2.45, 2.75) is 0 Å². The zero-order chi connectivity index (χ0) is 6.15. The predicted molar refractivity (Wildman–Crippen MR) is 31.0 cm³/mol. The van der Waals surface area contributed by atoms with E-state index in [4.69, 9.17) is 5.73 Å². The van der Waals surface area contributed by atoms with Gasteiger partial charge in [0.2, 0.25) is 6.67 Å². The van der Waals surface area contributed by atoms with Crippen LogP contribution in [0.5, 0.6) is 0 Å². The maximum absolute atomic E-state index is 5.45. The fourth-order valence-electron chi connectivity index (χ4n) is 0.608. The number of nitrogens with zero attached hydrogens (tertiary/aromatic N) is 2. The standard InChI is InChI=1S/C5H9N3/c1-7-3-5(6)8(2)4-7/h3H,6H2,1-2H3. The molecule has 3 heteroatoms. The molecule has 0 bridgehead atoms.